The van der Waals surface area contributed by atoms with Crippen LogP contribution in [0.1, 0.15) is 32.8 Å². The molecule has 0 radical (unpaired) electrons. The van der Waals surface area contributed by atoms with Crippen LogP contribution in [0.4, 0.5) is 13.2 Å². The number of esters is 1. The number of carbonyl (C=O) groups excluding carboxylic acids is 2. The number of rotatable bonds is 11. The smallest absolute Gasteiger partial charge is 0.422 e. The average Bonchev–Trinajstić information content (AvgIpc) is 2.64. The number of hydrogen-bond donors (Lipinski definition) is 0. The molecule has 0 aliphatic heterocycles. The van der Waals surface area contributed by atoms with E-state index in [2.05, 4.69) is 0 Å². The number of alkyl halides is 3. The van der Waals surface area contributed by atoms with Crippen LogP contribution in [0.25, 0.3) is 0 Å². The summed E-state index contributed by atoms with van der Waals surface area (Å²) in [5.41, 5.74) is 0.417. The number of hydrogen-bond acceptors (Lipinski definition) is 5. The third-order valence-electron chi connectivity index (χ3n) is 3.68. The Morgan fingerprint density at radius 1 is 1.04 bits per heavy atom. The van der Waals surface area contributed by atoms with Gasteiger partial charge in [0.25, 0.3) is 5.91 Å². The number of likely N-dealkylation sites (N-methyl/N-ethyl adjacent to an activating group) is 1. The van der Waals surface area contributed by atoms with Gasteiger partial charge in [-0.25, -0.2) is 0 Å². The molecule has 1 amide bonds. The van der Waals surface area contributed by atoms with Crippen molar-refractivity contribution in [2.75, 3.05) is 32.9 Å². The van der Waals surface area contributed by atoms with Crippen LogP contribution in [-0.2, 0) is 20.7 Å². The van der Waals surface area contributed by atoms with Crippen LogP contribution in [0, 0.1) is 0 Å². The van der Waals surface area contributed by atoms with Crippen LogP contribution in [-0.4, -0.2) is 55.9 Å². The van der Waals surface area contributed by atoms with Gasteiger partial charge in [-0.15, -0.1) is 0 Å². The third kappa shape index (κ3) is 8.49. The van der Waals surface area contributed by atoms with Crippen LogP contribution in [0.15, 0.2) is 18.2 Å². The molecule has 1 rings (SSSR count). The van der Waals surface area contributed by atoms with Gasteiger partial charge >= 0.3 is 12.1 Å². The molecule has 0 heterocycles. The molecule has 0 saturated heterocycles. The molecule has 0 unspecified atom stereocenters. The predicted octanol–water partition coefficient (Wildman–Crippen LogP) is 3.37. The highest BCUT2D eigenvalue weighted by molar-refractivity contribution is 5.78. The first-order chi connectivity index (χ1) is 13.2. The van der Waals surface area contributed by atoms with Crippen molar-refractivity contribution in [1.82, 2.24) is 4.90 Å². The van der Waals surface area contributed by atoms with Crippen molar-refractivity contribution < 1.29 is 37.0 Å². The Labute approximate surface area is 162 Å². The van der Waals surface area contributed by atoms with Gasteiger partial charge in [0.15, 0.2) is 24.7 Å². The highest BCUT2D eigenvalue weighted by Crippen LogP contribution is 2.30. The number of benzene rings is 1. The maximum atomic E-state index is 12.5. The van der Waals surface area contributed by atoms with Crippen molar-refractivity contribution in [2.24, 2.45) is 0 Å². The van der Waals surface area contributed by atoms with Gasteiger partial charge in [0.05, 0.1) is 13.0 Å². The fraction of sp³-hybridized carbons (Fsp3) is 0.579. The zero-order valence-electron chi connectivity index (χ0n) is 16.3. The fourth-order valence-corrected chi connectivity index (χ4v) is 2.29. The van der Waals surface area contributed by atoms with E-state index in [-0.39, 0.29) is 37.0 Å². The SMILES string of the molecule is CCCOC(=O)Cc1ccc(OCC(=O)N(CC)CC)c(OCC(F)(F)F)c1. The second kappa shape index (κ2) is 11.4. The van der Waals surface area contributed by atoms with Gasteiger partial charge in [-0.1, -0.05) is 13.0 Å². The van der Waals surface area contributed by atoms with E-state index in [1.165, 1.54) is 23.1 Å². The first-order valence-electron chi connectivity index (χ1n) is 9.08. The van der Waals surface area contributed by atoms with Gasteiger partial charge in [0.1, 0.15) is 0 Å². The fourth-order valence-electron chi connectivity index (χ4n) is 2.29. The van der Waals surface area contributed by atoms with Crippen LogP contribution in [0.5, 0.6) is 11.5 Å². The van der Waals surface area contributed by atoms with Crippen molar-refractivity contribution >= 4 is 11.9 Å². The Balaban J connectivity index is 2.91. The maximum absolute atomic E-state index is 12.5. The number of amides is 1. The largest absolute Gasteiger partial charge is 0.480 e. The van der Waals surface area contributed by atoms with Gasteiger partial charge in [-0.05, 0) is 38.0 Å². The molecule has 1 aromatic carbocycles. The second-order valence-electron chi connectivity index (χ2n) is 5.94. The molecule has 0 aliphatic rings. The van der Waals surface area contributed by atoms with Gasteiger partial charge in [-0.3, -0.25) is 9.59 Å². The van der Waals surface area contributed by atoms with Gasteiger partial charge in [-0.2, -0.15) is 13.2 Å². The highest BCUT2D eigenvalue weighted by Gasteiger charge is 2.29. The summed E-state index contributed by atoms with van der Waals surface area (Å²) in [5.74, 6) is -0.978. The molecular formula is C19H26F3NO5. The van der Waals surface area contributed by atoms with Gasteiger partial charge in [0, 0.05) is 13.1 Å². The van der Waals surface area contributed by atoms with Crippen LogP contribution in [0.3, 0.4) is 0 Å². The minimum absolute atomic E-state index is 0.00423. The molecule has 0 atom stereocenters. The molecule has 0 spiro atoms. The molecular weight excluding hydrogens is 379 g/mol. The zero-order valence-corrected chi connectivity index (χ0v) is 16.3. The van der Waals surface area contributed by atoms with Crippen LogP contribution < -0.4 is 9.47 Å². The molecule has 0 aromatic heterocycles. The third-order valence-corrected chi connectivity index (χ3v) is 3.68. The number of halogens is 3. The Kier molecular flexibility index (Phi) is 9.61. The normalized spacial score (nSPS) is 11.1. The van der Waals surface area contributed by atoms with E-state index in [9.17, 15) is 22.8 Å². The number of carbonyl (C=O) groups is 2. The molecule has 0 N–H and O–H groups in total. The molecule has 28 heavy (non-hydrogen) atoms. The lowest BCUT2D eigenvalue weighted by molar-refractivity contribution is -0.154. The highest BCUT2D eigenvalue weighted by atomic mass is 19.4. The molecule has 9 heteroatoms. The minimum atomic E-state index is -4.54. The quantitative estimate of drug-likeness (QED) is 0.528. The summed E-state index contributed by atoms with van der Waals surface area (Å²) >= 11 is 0. The minimum Gasteiger partial charge on any atom is -0.480 e. The van der Waals surface area contributed by atoms with E-state index in [0.29, 0.717) is 25.1 Å². The summed E-state index contributed by atoms with van der Waals surface area (Å²) in [7, 11) is 0. The van der Waals surface area contributed by atoms with E-state index in [0.717, 1.165) is 0 Å². The molecule has 0 bridgehead atoms. The summed E-state index contributed by atoms with van der Waals surface area (Å²) < 4.78 is 52.8. The van der Waals surface area contributed by atoms with Crippen molar-refractivity contribution in [2.45, 2.75) is 39.8 Å². The van der Waals surface area contributed by atoms with Gasteiger partial charge in [0.2, 0.25) is 0 Å². The lowest BCUT2D eigenvalue weighted by Gasteiger charge is -2.20. The zero-order chi connectivity index (χ0) is 21.2. The lowest BCUT2D eigenvalue weighted by atomic mass is 10.1. The first kappa shape index (κ1) is 23.6. The predicted molar refractivity (Wildman–Crippen MR) is 96.4 cm³/mol. The van der Waals surface area contributed by atoms with Gasteiger partial charge < -0.3 is 19.1 Å². The molecule has 1 aromatic rings. The van der Waals surface area contributed by atoms with Crippen molar-refractivity contribution in [3.63, 3.8) is 0 Å². The molecule has 0 aliphatic carbocycles. The average molecular weight is 405 g/mol. The van der Waals surface area contributed by atoms with E-state index >= 15 is 0 Å². The number of ether oxygens (including phenoxy) is 3. The van der Waals surface area contributed by atoms with E-state index < -0.39 is 18.8 Å². The Morgan fingerprint density at radius 2 is 1.71 bits per heavy atom. The summed E-state index contributed by atoms with van der Waals surface area (Å²) in [5, 5.41) is 0. The van der Waals surface area contributed by atoms with Crippen molar-refractivity contribution in [3.05, 3.63) is 23.8 Å². The van der Waals surface area contributed by atoms with E-state index in [4.69, 9.17) is 14.2 Å². The summed E-state index contributed by atoms with van der Waals surface area (Å²) in [4.78, 5) is 25.3. The van der Waals surface area contributed by atoms with Crippen molar-refractivity contribution in [3.8, 4) is 11.5 Å². The summed E-state index contributed by atoms with van der Waals surface area (Å²) in [6.45, 7) is 4.88. The topological polar surface area (TPSA) is 65.1 Å². The Hall–Kier alpha value is -2.45. The first-order valence-corrected chi connectivity index (χ1v) is 9.08. The van der Waals surface area contributed by atoms with Crippen LogP contribution >= 0.6 is 0 Å². The summed E-state index contributed by atoms with van der Waals surface area (Å²) in [6.07, 6.45) is -3.98. The molecule has 158 valence electrons. The molecule has 0 saturated carbocycles. The molecule has 6 nitrogen and oxygen atoms in total. The Bertz CT molecular complexity index is 645. The standard InChI is InChI=1S/C19H26F3NO5/c1-4-9-26-18(25)11-14-7-8-15(16(10-14)28-13-19(20,21)22)27-12-17(24)23(5-2)6-3/h7-8,10H,4-6,9,11-13H2,1-3H3. The number of nitrogens with zero attached hydrogens (tertiary/aromatic N) is 1. The lowest BCUT2D eigenvalue weighted by Crippen LogP contribution is -2.34. The molecule has 0 fully saturated rings. The Morgan fingerprint density at radius 3 is 2.29 bits per heavy atom. The summed E-state index contributed by atoms with van der Waals surface area (Å²) in [6, 6.07) is 4.19. The van der Waals surface area contributed by atoms with E-state index in [1.54, 1.807) is 0 Å². The second-order valence-corrected chi connectivity index (χ2v) is 5.94. The van der Waals surface area contributed by atoms with Crippen molar-refractivity contribution in [1.29, 1.82) is 0 Å². The monoisotopic (exact) mass is 405 g/mol. The van der Waals surface area contributed by atoms with E-state index in [1.807, 2.05) is 20.8 Å². The maximum Gasteiger partial charge on any atom is 0.422 e. The van der Waals surface area contributed by atoms with Crippen LogP contribution in [0.2, 0.25) is 0 Å².